The van der Waals surface area contributed by atoms with Gasteiger partial charge in [0.05, 0.1) is 49.2 Å². The summed E-state index contributed by atoms with van der Waals surface area (Å²) < 4.78 is 151. The van der Waals surface area contributed by atoms with Gasteiger partial charge in [0.2, 0.25) is 5.91 Å². The van der Waals surface area contributed by atoms with E-state index in [1.165, 1.54) is 6.07 Å². The number of piperazine rings is 1. The molecule has 4 aromatic rings. The molecule has 26 heteroatoms. The third-order valence-electron chi connectivity index (χ3n) is 14.6. The van der Waals surface area contributed by atoms with Crippen molar-refractivity contribution in [1.29, 1.82) is 0 Å². The van der Waals surface area contributed by atoms with E-state index in [0.717, 1.165) is 118 Å². The predicted molar refractivity (Wildman–Crippen MR) is 276 cm³/mol. The molecule has 4 atom stereocenters. The Morgan fingerprint density at radius 1 is 0.827 bits per heavy atom. The van der Waals surface area contributed by atoms with Gasteiger partial charge >= 0.3 is 31.0 Å². The highest BCUT2D eigenvalue weighted by Crippen LogP contribution is 2.45. The Kier molecular flexibility index (Phi) is 22.7. The minimum atomic E-state index is -4.94. The lowest BCUT2D eigenvalue weighted by molar-refractivity contribution is -0.229. The van der Waals surface area contributed by atoms with Crippen LogP contribution in [-0.4, -0.2) is 139 Å². The number of alkyl halides is 8. The fraction of sp³-hybridized carbons (Fsp3) is 0.527. The van der Waals surface area contributed by atoms with Gasteiger partial charge < -0.3 is 40.6 Å². The van der Waals surface area contributed by atoms with E-state index in [0.29, 0.717) is 27.4 Å². The summed E-state index contributed by atoms with van der Waals surface area (Å²) in [6.45, 7) is 4.68. The Balaban J connectivity index is 0.000000652. The average molecular weight is 1160 g/mol. The standard InChI is InChI=1S/C46H52F7N7O5.C9H14F3NO3/c1-45(2,46(51,52)53)42(56-44(63)64-3)39(61)25-33(40(62)28-54-27-35-36(47)23-32(24-37(35)48)38-12-15-60(57-38)43(49)50)22-30-7-4-29(5-8-30)6-9-31-10-11-41(55-26-31)59-18-16-58(17-19-59)34-13-20-65-21-14-34;1-8(2,9(10,11)12)5(7(13)15)4-6(14)16-3/h4-5,7-8,10-12,15,23-24,26,33-34,40,42-43,54,62H,13-14,16-22,25,27-28H2,1-3H3,(H,56,63);5H,4H2,1-3H3,(H2,13,15)/t33-,40+,42-;5-/m11/s1. The fourth-order valence-electron chi connectivity index (χ4n) is 9.10. The van der Waals surface area contributed by atoms with Crippen LogP contribution in [0.3, 0.4) is 0 Å². The van der Waals surface area contributed by atoms with Crippen molar-refractivity contribution >= 4 is 29.6 Å². The SMILES string of the molecule is COC(=O)C[C@H](C(N)=O)C(C)(C)C(F)(F)F.COC(=O)N[C@H](C(=O)C[C@@H](Cc1ccc(C#Cc2ccc(N3CCN(C4CCOCC4)CC3)nc2)cc1)[C@@H](O)CNCc1c(F)cc(-c2ccn(C(F)F)n2)cc1F)C(C)(C)C(F)(F)F. The maximum absolute atomic E-state index is 15.1. The lowest BCUT2D eigenvalue weighted by atomic mass is 9.76. The molecule has 2 aliphatic heterocycles. The molecule has 444 valence electrons. The van der Waals surface area contributed by atoms with E-state index in [1.807, 2.05) is 17.4 Å². The number of carbonyl (C=O) groups excluding carboxylic acids is 4. The molecule has 6 rings (SSSR count). The van der Waals surface area contributed by atoms with Crippen LogP contribution in [-0.2, 0) is 41.6 Å². The average Bonchev–Trinajstić information content (AvgIpc) is 3.99. The van der Waals surface area contributed by atoms with Gasteiger partial charge in [0.15, 0.2) is 5.78 Å². The van der Waals surface area contributed by atoms with Crippen molar-refractivity contribution in [3.05, 3.63) is 101 Å². The van der Waals surface area contributed by atoms with Gasteiger partial charge in [-0.05, 0) is 87.1 Å². The van der Waals surface area contributed by atoms with Crippen LogP contribution in [0.2, 0.25) is 0 Å². The summed E-state index contributed by atoms with van der Waals surface area (Å²) in [4.78, 5) is 57.2. The summed E-state index contributed by atoms with van der Waals surface area (Å²) in [7, 11) is 1.97. The fourth-order valence-corrected chi connectivity index (χ4v) is 9.10. The molecule has 4 heterocycles. The molecule has 0 radical (unpaired) electrons. The molecule has 2 amide bonds. The first kappa shape index (κ1) is 65.0. The number of ketones is 1. The number of rotatable bonds is 20. The van der Waals surface area contributed by atoms with Crippen LogP contribution in [0.25, 0.3) is 11.3 Å². The van der Waals surface area contributed by atoms with Crippen LogP contribution in [0.1, 0.15) is 82.2 Å². The number of ether oxygens (including phenoxy) is 3. The monoisotopic (exact) mass is 1160 g/mol. The van der Waals surface area contributed by atoms with Crippen molar-refractivity contribution in [2.24, 2.45) is 28.4 Å². The summed E-state index contributed by atoms with van der Waals surface area (Å²) in [5.74, 6) is -0.808. The first-order valence-electron chi connectivity index (χ1n) is 25.7. The zero-order valence-electron chi connectivity index (χ0n) is 45.4. The molecular formula is C55H66F10N8O8. The second kappa shape index (κ2) is 28.2. The molecule has 2 fully saturated rings. The van der Waals surface area contributed by atoms with Crippen molar-refractivity contribution in [2.75, 3.05) is 65.1 Å². The molecule has 0 aliphatic carbocycles. The maximum Gasteiger partial charge on any atom is 0.407 e. The third-order valence-corrected chi connectivity index (χ3v) is 14.6. The summed E-state index contributed by atoms with van der Waals surface area (Å²) in [5, 5.41) is 19.8. The van der Waals surface area contributed by atoms with Gasteiger partial charge in [0.25, 0.3) is 0 Å². The number of aromatic nitrogens is 3. The Morgan fingerprint density at radius 2 is 1.42 bits per heavy atom. The van der Waals surface area contributed by atoms with Crippen molar-refractivity contribution < 1.29 is 82.4 Å². The number of halogens is 10. The number of benzene rings is 2. The number of aliphatic hydroxyl groups excluding tert-OH is 1. The molecule has 0 bridgehead atoms. The Labute approximate surface area is 462 Å². The summed E-state index contributed by atoms with van der Waals surface area (Å²) in [5.41, 5.74) is 1.05. The van der Waals surface area contributed by atoms with E-state index in [4.69, 9.17) is 10.5 Å². The molecule has 2 saturated heterocycles. The number of hydrogen-bond donors (Lipinski definition) is 4. The van der Waals surface area contributed by atoms with E-state index >= 15 is 8.78 Å². The molecule has 2 aliphatic rings. The van der Waals surface area contributed by atoms with E-state index in [1.54, 1.807) is 30.5 Å². The van der Waals surface area contributed by atoms with Crippen LogP contribution in [0, 0.1) is 46.1 Å². The second-order valence-corrected chi connectivity index (χ2v) is 20.7. The molecule has 0 unspecified atom stereocenters. The molecule has 2 aromatic heterocycles. The third kappa shape index (κ3) is 17.6. The highest BCUT2D eigenvalue weighted by Gasteiger charge is 2.56. The van der Waals surface area contributed by atoms with Crippen LogP contribution in [0.4, 0.5) is 54.5 Å². The number of amides is 2. The number of nitrogens with zero attached hydrogens (tertiary/aromatic N) is 5. The van der Waals surface area contributed by atoms with Gasteiger partial charge in [-0.2, -0.15) is 40.2 Å². The molecule has 5 N–H and O–H groups in total. The largest absolute Gasteiger partial charge is 0.469 e. The molecule has 0 spiro atoms. The summed E-state index contributed by atoms with van der Waals surface area (Å²) >= 11 is 0. The number of pyridine rings is 1. The number of esters is 1. The van der Waals surface area contributed by atoms with Crippen molar-refractivity contribution in [1.82, 2.24) is 30.3 Å². The zero-order valence-corrected chi connectivity index (χ0v) is 45.4. The lowest BCUT2D eigenvalue weighted by Gasteiger charge is -2.41. The number of anilines is 1. The topological polar surface area (TPSA) is 203 Å². The highest BCUT2D eigenvalue weighted by molar-refractivity contribution is 5.88. The molecule has 81 heavy (non-hydrogen) atoms. The first-order chi connectivity index (χ1) is 38.0. The Bertz CT molecular complexity index is 2780. The van der Waals surface area contributed by atoms with Gasteiger partial charge in [-0.25, -0.2) is 23.2 Å². The van der Waals surface area contributed by atoms with Crippen LogP contribution in [0.15, 0.2) is 67.0 Å². The number of nitrogens with two attached hydrogens (primary N) is 1. The van der Waals surface area contributed by atoms with E-state index in [9.17, 15) is 59.4 Å². The Morgan fingerprint density at radius 3 is 1.94 bits per heavy atom. The maximum atomic E-state index is 15.1. The van der Waals surface area contributed by atoms with Gasteiger partial charge in [0, 0.05) is 99.6 Å². The number of carbonyl (C=O) groups is 4. The quantitative estimate of drug-likeness (QED) is 0.0376. The minimum Gasteiger partial charge on any atom is -0.469 e. The minimum absolute atomic E-state index is 0.0307. The van der Waals surface area contributed by atoms with Gasteiger partial charge in [-0.1, -0.05) is 37.8 Å². The van der Waals surface area contributed by atoms with Crippen molar-refractivity contribution in [2.45, 2.75) is 103 Å². The Hall–Kier alpha value is -6.82. The van der Waals surface area contributed by atoms with E-state index < -0.39 is 114 Å². The number of alkyl carbamates (subject to hydrolysis) is 1. The number of aliphatic hydroxyl groups is 1. The number of Topliss-reactive ketones (excluding diaryl/α,β-unsaturated/α-hetero) is 1. The highest BCUT2D eigenvalue weighted by atomic mass is 19.4. The van der Waals surface area contributed by atoms with Crippen LogP contribution >= 0.6 is 0 Å². The molecular weight excluding hydrogens is 1090 g/mol. The van der Waals surface area contributed by atoms with Crippen LogP contribution < -0.4 is 21.3 Å². The predicted octanol–water partition coefficient (Wildman–Crippen LogP) is 8.14. The molecule has 2 aromatic carbocycles. The van der Waals surface area contributed by atoms with Gasteiger partial charge in [-0.15, -0.1) is 0 Å². The number of primary amides is 1. The van der Waals surface area contributed by atoms with E-state index in [-0.39, 0.29) is 24.2 Å². The van der Waals surface area contributed by atoms with E-state index in [2.05, 4.69) is 46.5 Å². The normalized spacial score (nSPS) is 16.2. The number of nitrogens with one attached hydrogen (secondary N) is 2. The van der Waals surface area contributed by atoms with Crippen molar-refractivity contribution in [3.8, 4) is 23.1 Å². The van der Waals surface area contributed by atoms with Gasteiger partial charge in [0.1, 0.15) is 23.5 Å². The molecule has 16 nitrogen and oxygen atoms in total. The number of hydrogen-bond acceptors (Lipinski definition) is 13. The zero-order chi connectivity index (χ0) is 60.0. The van der Waals surface area contributed by atoms with Gasteiger partial charge in [-0.3, -0.25) is 19.3 Å². The summed E-state index contributed by atoms with van der Waals surface area (Å²) in [6, 6.07) is 12.2. The van der Waals surface area contributed by atoms with Crippen molar-refractivity contribution in [3.63, 3.8) is 0 Å². The second-order valence-electron chi connectivity index (χ2n) is 20.7. The van der Waals surface area contributed by atoms with Crippen LogP contribution in [0.5, 0.6) is 0 Å². The number of methoxy groups -OCH3 is 2. The molecule has 0 saturated carbocycles. The summed E-state index contributed by atoms with van der Waals surface area (Å²) in [6.07, 6.45) is -8.85. The smallest absolute Gasteiger partial charge is 0.407 e. The first-order valence-corrected chi connectivity index (χ1v) is 25.7. The lowest BCUT2D eigenvalue weighted by Crippen LogP contribution is -2.56.